The first-order valence-electron chi connectivity index (χ1n) is 24.5. The number of hydrogen-bond acceptors (Lipinski definition) is 4. The van der Waals surface area contributed by atoms with Crippen LogP contribution >= 0.6 is 0 Å². The smallest absolute Gasteiger partial charge is 0.143 e. The fourth-order valence-electron chi connectivity index (χ4n) is 10.8. The molecule has 0 amide bonds. The van der Waals surface area contributed by atoms with Crippen LogP contribution in [-0.2, 0) is 0 Å². The van der Waals surface area contributed by atoms with Crippen molar-refractivity contribution in [3.8, 4) is 33.4 Å². The van der Waals surface area contributed by atoms with Crippen LogP contribution in [0.25, 0.3) is 98.8 Å². The largest absolute Gasteiger partial charge is 0.456 e. The first-order chi connectivity index (χ1) is 35.7. The number of furan rings is 2. The summed E-state index contributed by atoms with van der Waals surface area (Å²) in [6.07, 6.45) is 0. The second kappa shape index (κ2) is 17.1. The zero-order valence-electron chi connectivity index (χ0n) is 39.1. The average Bonchev–Trinajstić information content (AvgIpc) is 4.02. The molecule has 72 heavy (non-hydrogen) atoms. The third kappa shape index (κ3) is 7.08. The van der Waals surface area contributed by atoms with E-state index in [4.69, 9.17) is 8.83 Å². The normalized spacial score (nSPS) is 11.6. The van der Waals surface area contributed by atoms with Gasteiger partial charge in [-0.1, -0.05) is 176 Å². The molecular weight excluding hydrogens is 877 g/mol. The third-order valence-corrected chi connectivity index (χ3v) is 14.2. The van der Waals surface area contributed by atoms with E-state index in [-0.39, 0.29) is 0 Å². The minimum atomic E-state index is 0.834. The highest BCUT2D eigenvalue weighted by molar-refractivity contribution is 6.15. The molecule has 2 heterocycles. The van der Waals surface area contributed by atoms with Gasteiger partial charge in [0.2, 0.25) is 0 Å². The molecule has 0 spiro atoms. The summed E-state index contributed by atoms with van der Waals surface area (Å²) in [4.78, 5) is 4.75. The van der Waals surface area contributed by atoms with Crippen molar-refractivity contribution in [1.29, 1.82) is 0 Å². The molecule has 2 aromatic heterocycles. The van der Waals surface area contributed by atoms with Crippen molar-refractivity contribution in [2.45, 2.75) is 0 Å². The summed E-state index contributed by atoms with van der Waals surface area (Å²) in [6.45, 7) is 0. The molecule has 0 aliphatic heterocycles. The first-order valence-corrected chi connectivity index (χ1v) is 24.5. The minimum absolute atomic E-state index is 0.834. The highest BCUT2D eigenvalue weighted by Gasteiger charge is 2.24. The Bertz CT molecular complexity index is 4360. The molecule has 0 radical (unpaired) electrons. The van der Waals surface area contributed by atoms with Gasteiger partial charge in [-0.2, -0.15) is 0 Å². The molecule has 0 saturated heterocycles. The standard InChI is InChI=1S/C68H44N2O2/c1-2-15-45(16-3-1)47-31-34-52(35-32-47)69(54-37-40-61-62-38-33-48-18-6-7-22-56(48)68(62)72-67(61)44-54)63-26-11-8-23-57(63)58-24-9-12-27-64(58)70(55-36-39-60-59-25-10-13-28-65(59)71-66(60)43-55)53-21-14-20-50(42-53)51-30-29-46-17-4-5-19-49(46)41-51/h1-44H. The highest BCUT2D eigenvalue weighted by Crippen LogP contribution is 2.49. The molecule has 0 aliphatic carbocycles. The minimum Gasteiger partial charge on any atom is -0.456 e. The van der Waals surface area contributed by atoms with E-state index in [2.05, 4.69) is 265 Å². The van der Waals surface area contributed by atoms with E-state index >= 15 is 0 Å². The Morgan fingerprint density at radius 3 is 1.49 bits per heavy atom. The van der Waals surface area contributed by atoms with Gasteiger partial charge in [0, 0.05) is 72.9 Å². The van der Waals surface area contributed by atoms with Gasteiger partial charge in [0.05, 0.1) is 11.4 Å². The molecule has 14 rings (SSSR count). The van der Waals surface area contributed by atoms with Gasteiger partial charge in [-0.05, 0) is 117 Å². The van der Waals surface area contributed by atoms with Crippen LogP contribution in [0.2, 0.25) is 0 Å². The molecular formula is C68H44N2O2. The monoisotopic (exact) mass is 920 g/mol. The van der Waals surface area contributed by atoms with Gasteiger partial charge in [-0.25, -0.2) is 0 Å². The third-order valence-electron chi connectivity index (χ3n) is 14.2. The Morgan fingerprint density at radius 1 is 0.236 bits per heavy atom. The number of fused-ring (bicyclic) bond motifs is 9. The zero-order valence-corrected chi connectivity index (χ0v) is 39.1. The summed E-state index contributed by atoms with van der Waals surface area (Å²) in [7, 11) is 0. The van der Waals surface area contributed by atoms with Crippen LogP contribution in [0.3, 0.4) is 0 Å². The second-order valence-electron chi connectivity index (χ2n) is 18.5. The van der Waals surface area contributed by atoms with Gasteiger partial charge in [-0.15, -0.1) is 0 Å². The SMILES string of the molecule is c1ccc(-c2ccc(N(c3ccc4c(c3)oc3c5ccccc5ccc43)c3ccccc3-c3ccccc3N(c3cccc(-c4ccc5ccccc5c4)c3)c3ccc4c(c3)oc3ccccc34)cc2)cc1. The molecule has 0 aliphatic rings. The zero-order chi connectivity index (χ0) is 47.5. The predicted octanol–water partition coefficient (Wildman–Crippen LogP) is 19.7. The fourth-order valence-corrected chi connectivity index (χ4v) is 10.8. The molecule has 14 aromatic rings. The van der Waals surface area contributed by atoms with Crippen LogP contribution in [0.4, 0.5) is 34.1 Å². The van der Waals surface area contributed by atoms with Crippen molar-refractivity contribution in [3.63, 3.8) is 0 Å². The van der Waals surface area contributed by atoms with Crippen LogP contribution in [0.1, 0.15) is 0 Å². The molecule has 0 N–H and O–H groups in total. The lowest BCUT2D eigenvalue weighted by Crippen LogP contribution is -2.13. The molecule has 12 aromatic carbocycles. The lowest BCUT2D eigenvalue weighted by atomic mass is 9.97. The second-order valence-corrected chi connectivity index (χ2v) is 18.5. The number of para-hydroxylation sites is 3. The maximum absolute atomic E-state index is 6.84. The Labute approximate surface area is 416 Å². The van der Waals surface area contributed by atoms with Gasteiger partial charge in [0.1, 0.15) is 22.3 Å². The Hall–Kier alpha value is -9.64. The van der Waals surface area contributed by atoms with Gasteiger partial charge in [0.25, 0.3) is 0 Å². The number of anilines is 6. The number of nitrogens with zero attached hydrogens (tertiary/aromatic N) is 2. The Morgan fingerprint density at radius 2 is 0.722 bits per heavy atom. The highest BCUT2D eigenvalue weighted by atomic mass is 16.3. The summed E-state index contributed by atoms with van der Waals surface area (Å²) >= 11 is 0. The quantitative estimate of drug-likeness (QED) is 0.144. The summed E-state index contributed by atoms with van der Waals surface area (Å²) in [5, 5.41) is 9.07. The van der Waals surface area contributed by atoms with Crippen LogP contribution < -0.4 is 9.80 Å². The predicted molar refractivity (Wildman–Crippen MR) is 302 cm³/mol. The van der Waals surface area contributed by atoms with Gasteiger partial charge < -0.3 is 18.6 Å². The van der Waals surface area contributed by atoms with E-state index < -0.39 is 0 Å². The molecule has 0 saturated carbocycles. The van der Waals surface area contributed by atoms with E-state index in [1.54, 1.807) is 0 Å². The van der Waals surface area contributed by atoms with Crippen LogP contribution in [0, 0.1) is 0 Å². The molecule has 4 nitrogen and oxygen atoms in total. The van der Waals surface area contributed by atoms with Gasteiger partial charge in [0.15, 0.2) is 0 Å². The van der Waals surface area contributed by atoms with Crippen LogP contribution in [-0.4, -0.2) is 0 Å². The van der Waals surface area contributed by atoms with E-state index in [9.17, 15) is 0 Å². The summed E-state index contributed by atoms with van der Waals surface area (Å²) in [6, 6.07) is 95.5. The number of hydrogen-bond donors (Lipinski definition) is 0. The van der Waals surface area contributed by atoms with E-state index in [1.807, 2.05) is 12.1 Å². The fraction of sp³-hybridized carbons (Fsp3) is 0. The molecule has 0 bridgehead atoms. The molecule has 0 unspecified atom stereocenters. The maximum Gasteiger partial charge on any atom is 0.143 e. The number of benzene rings is 12. The van der Waals surface area contributed by atoms with Gasteiger partial charge >= 0.3 is 0 Å². The van der Waals surface area contributed by atoms with E-state index in [0.717, 1.165) is 117 Å². The lowest BCUT2D eigenvalue weighted by molar-refractivity contribution is 0.669. The molecule has 0 fully saturated rings. The topological polar surface area (TPSA) is 32.8 Å². The Kier molecular flexibility index (Phi) is 9.82. The summed E-state index contributed by atoms with van der Waals surface area (Å²) in [5.74, 6) is 0. The van der Waals surface area contributed by atoms with Crippen LogP contribution in [0.5, 0.6) is 0 Å². The van der Waals surface area contributed by atoms with Gasteiger partial charge in [-0.3, -0.25) is 0 Å². The van der Waals surface area contributed by atoms with Crippen molar-refractivity contribution in [2.75, 3.05) is 9.80 Å². The maximum atomic E-state index is 6.84. The molecule has 338 valence electrons. The van der Waals surface area contributed by atoms with E-state index in [0.29, 0.717) is 0 Å². The molecule has 4 heteroatoms. The van der Waals surface area contributed by atoms with Crippen molar-refractivity contribution in [2.24, 2.45) is 0 Å². The summed E-state index contributed by atoms with van der Waals surface area (Å²) < 4.78 is 13.4. The van der Waals surface area contributed by atoms with Crippen molar-refractivity contribution >= 4 is 99.5 Å². The first kappa shape index (κ1) is 41.3. The number of rotatable bonds is 9. The average molecular weight is 921 g/mol. The van der Waals surface area contributed by atoms with E-state index in [1.165, 1.54) is 16.3 Å². The van der Waals surface area contributed by atoms with Crippen molar-refractivity contribution < 1.29 is 8.83 Å². The summed E-state index contributed by atoms with van der Waals surface area (Å²) in [5.41, 5.74) is 16.3. The lowest BCUT2D eigenvalue weighted by Gasteiger charge is -2.31. The Balaban J connectivity index is 0.965. The molecule has 0 atom stereocenters. The van der Waals surface area contributed by atoms with Crippen molar-refractivity contribution in [3.05, 3.63) is 267 Å². The van der Waals surface area contributed by atoms with Crippen molar-refractivity contribution in [1.82, 2.24) is 0 Å². The van der Waals surface area contributed by atoms with Crippen LogP contribution in [0.15, 0.2) is 276 Å².